The highest BCUT2D eigenvalue weighted by Gasteiger charge is 2.23. The fraction of sp³-hybridized carbons (Fsp3) is 0.348. The van der Waals surface area contributed by atoms with Gasteiger partial charge in [0, 0.05) is 35.4 Å². The molecule has 1 fully saturated rings. The molecule has 29 heavy (non-hydrogen) atoms. The van der Waals surface area contributed by atoms with Gasteiger partial charge in [-0.15, -0.1) is 5.10 Å². The van der Waals surface area contributed by atoms with Crippen molar-refractivity contribution in [1.82, 2.24) is 24.5 Å². The van der Waals surface area contributed by atoms with Gasteiger partial charge in [0.05, 0.1) is 17.2 Å². The third-order valence-corrected chi connectivity index (χ3v) is 6.09. The van der Waals surface area contributed by atoms with Crippen molar-refractivity contribution in [3.8, 4) is 11.1 Å². The van der Waals surface area contributed by atoms with E-state index in [0.29, 0.717) is 18.0 Å². The lowest BCUT2D eigenvalue weighted by atomic mass is 9.91. The topological polar surface area (TPSA) is 58.3 Å². The monoisotopic (exact) mass is 386 g/mol. The Balaban J connectivity index is 1.37. The Morgan fingerprint density at radius 1 is 1.03 bits per heavy atom. The fourth-order valence-electron chi connectivity index (χ4n) is 4.37. The number of nitrogens with zero attached hydrogens (tertiary/aromatic N) is 5. The van der Waals surface area contributed by atoms with E-state index in [4.69, 9.17) is 5.10 Å². The van der Waals surface area contributed by atoms with Crippen LogP contribution in [0.5, 0.6) is 0 Å². The first-order valence-electron chi connectivity index (χ1n) is 10.3. The lowest BCUT2D eigenvalue weighted by molar-refractivity contribution is 0.221. The predicted octanol–water partition coefficient (Wildman–Crippen LogP) is 4.23. The van der Waals surface area contributed by atoms with Gasteiger partial charge in [0.25, 0.3) is 0 Å². The zero-order chi connectivity index (χ0) is 19.8. The second-order valence-electron chi connectivity index (χ2n) is 8.17. The van der Waals surface area contributed by atoms with Crippen molar-refractivity contribution in [3.05, 3.63) is 55.0 Å². The highest BCUT2D eigenvalue weighted by molar-refractivity contribution is 5.88. The van der Waals surface area contributed by atoms with E-state index in [9.17, 15) is 0 Å². The number of aromatic nitrogens is 4. The predicted molar refractivity (Wildman–Crippen MR) is 117 cm³/mol. The van der Waals surface area contributed by atoms with Gasteiger partial charge in [-0.3, -0.25) is 4.98 Å². The Kier molecular flexibility index (Phi) is 4.64. The van der Waals surface area contributed by atoms with E-state index in [1.807, 2.05) is 29.2 Å². The van der Waals surface area contributed by atoms with E-state index in [2.05, 4.69) is 64.6 Å². The quantitative estimate of drug-likeness (QED) is 0.569. The number of nitrogens with one attached hydrogen (secondary N) is 1. The van der Waals surface area contributed by atoms with E-state index < -0.39 is 0 Å². The molecule has 1 N–H and O–H groups in total. The normalized spacial score (nSPS) is 19.8. The van der Waals surface area contributed by atoms with Crippen molar-refractivity contribution in [2.75, 3.05) is 19.4 Å². The highest BCUT2D eigenvalue weighted by Crippen LogP contribution is 2.28. The summed E-state index contributed by atoms with van der Waals surface area (Å²) in [4.78, 5) is 11.4. The van der Waals surface area contributed by atoms with Gasteiger partial charge < -0.3 is 10.2 Å². The maximum absolute atomic E-state index is 4.70. The zero-order valence-electron chi connectivity index (χ0n) is 16.9. The Hall–Kier alpha value is -2.99. The number of benzene rings is 1. The van der Waals surface area contributed by atoms with Gasteiger partial charge in [-0.05, 0) is 69.6 Å². The summed E-state index contributed by atoms with van der Waals surface area (Å²) in [5.41, 5.74) is 4.30. The molecule has 6 nitrogen and oxygen atoms in total. The molecule has 0 radical (unpaired) electrons. The van der Waals surface area contributed by atoms with E-state index in [-0.39, 0.29) is 0 Å². The van der Waals surface area contributed by atoms with Gasteiger partial charge in [-0.1, -0.05) is 12.1 Å². The van der Waals surface area contributed by atoms with Gasteiger partial charge >= 0.3 is 0 Å². The average molecular weight is 387 g/mol. The maximum atomic E-state index is 4.70. The smallest absolute Gasteiger partial charge is 0.241 e. The molecule has 0 spiro atoms. The maximum Gasteiger partial charge on any atom is 0.241 e. The van der Waals surface area contributed by atoms with E-state index in [1.165, 1.54) is 12.8 Å². The van der Waals surface area contributed by atoms with Crippen LogP contribution in [0.2, 0.25) is 0 Å². The number of hydrogen-bond donors (Lipinski definition) is 1. The van der Waals surface area contributed by atoms with Crippen LogP contribution in [-0.4, -0.2) is 50.7 Å². The van der Waals surface area contributed by atoms with Crippen molar-refractivity contribution in [3.63, 3.8) is 0 Å². The molecule has 0 bridgehead atoms. The van der Waals surface area contributed by atoms with Crippen LogP contribution in [0.1, 0.15) is 25.7 Å². The molecule has 148 valence electrons. The zero-order valence-corrected chi connectivity index (χ0v) is 16.9. The van der Waals surface area contributed by atoms with Crippen LogP contribution < -0.4 is 5.32 Å². The molecule has 3 heterocycles. The summed E-state index contributed by atoms with van der Waals surface area (Å²) >= 11 is 0. The van der Waals surface area contributed by atoms with Crippen molar-refractivity contribution in [2.45, 2.75) is 37.8 Å². The molecule has 1 aliphatic rings. The summed E-state index contributed by atoms with van der Waals surface area (Å²) in [7, 11) is 4.34. The van der Waals surface area contributed by atoms with E-state index in [0.717, 1.165) is 40.4 Å². The van der Waals surface area contributed by atoms with Gasteiger partial charge in [0.1, 0.15) is 0 Å². The lowest BCUT2D eigenvalue weighted by Crippen LogP contribution is -2.36. The standard InChI is InChI=1S/C23H26N6/c1-28(2)19-8-6-18(7-9-19)26-23-25-15-22-20(11-13-29(22)27-23)16-5-10-21-17(14-16)4-3-12-24-21/h3-5,10-15,18-19H,6-9H2,1-2H3,(H,26,27). The van der Waals surface area contributed by atoms with Crippen molar-refractivity contribution in [1.29, 1.82) is 0 Å². The Morgan fingerprint density at radius 3 is 2.72 bits per heavy atom. The van der Waals surface area contributed by atoms with E-state index in [1.54, 1.807) is 0 Å². The molecular formula is C23H26N6. The van der Waals surface area contributed by atoms with Crippen molar-refractivity contribution < 1.29 is 0 Å². The minimum absolute atomic E-state index is 0.451. The fourth-order valence-corrected chi connectivity index (χ4v) is 4.37. The second kappa shape index (κ2) is 7.44. The van der Waals surface area contributed by atoms with Gasteiger partial charge in [0.15, 0.2) is 0 Å². The molecule has 0 aliphatic heterocycles. The van der Waals surface area contributed by atoms with Crippen LogP contribution in [0.15, 0.2) is 55.0 Å². The number of anilines is 1. The molecule has 0 unspecified atom stereocenters. The Labute approximate surface area is 170 Å². The SMILES string of the molecule is CN(C)C1CCC(Nc2ncc3c(-c4ccc5ncccc5c4)ccn3n2)CC1. The lowest BCUT2D eigenvalue weighted by Gasteiger charge is -2.32. The third kappa shape index (κ3) is 3.56. The molecule has 4 aromatic rings. The number of rotatable bonds is 4. The van der Waals surface area contributed by atoms with Crippen LogP contribution in [0.25, 0.3) is 27.5 Å². The summed E-state index contributed by atoms with van der Waals surface area (Å²) in [6, 6.07) is 13.7. The molecule has 5 rings (SSSR count). The summed E-state index contributed by atoms with van der Waals surface area (Å²) < 4.78 is 1.92. The van der Waals surface area contributed by atoms with Crippen molar-refractivity contribution in [2.24, 2.45) is 0 Å². The molecule has 0 atom stereocenters. The minimum Gasteiger partial charge on any atom is -0.350 e. The number of fused-ring (bicyclic) bond motifs is 2. The first-order valence-corrected chi connectivity index (χ1v) is 10.3. The third-order valence-electron chi connectivity index (χ3n) is 6.09. The Bertz CT molecular complexity index is 1140. The van der Waals surface area contributed by atoms with E-state index >= 15 is 0 Å². The summed E-state index contributed by atoms with van der Waals surface area (Å²) in [5, 5.41) is 9.38. The minimum atomic E-state index is 0.451. The number of hydrogen-bond acceptors (Lipinski definition) is 5. The van der Waals surface area contributed by atoms with Gasteiger partial charge in [-0.2, -0.15) is 0 Å². The largest absolute Gasteiger partial charge is 0.350 e. The van der Waals surface area contributed by atoms with Crippen LogP contribution in [0.4, 0.5) is 5.95 Å². The first kappa shape index (κ1) is 18.1. The molecule has 0 saturated heterocycles. The molecule has 3 aromatic heterocycles. The summed E-state index contributed by atoms with van der Waals surface area (Å²) in [5.74, 6) is 0.704. The average Bonchev–Trinajstić information content (AvgIpc) is 3.17. The van der Waals surface area contributed by atoms with Crippen LogP contribution in [0.3, 0.4) is 0 Å². The van der Waals surface area contributed by atoms with Crippen LogP contribution >= 0.6 is 0 Å². The molecule has 1 aromatic carbocycles. The summed E-state index contributed by atoms with van der Waals surface area (Å²) in [6.45, 7) is 0. The molecular weight excluding hydrogens is 360 g/mol. The van der Waals surface area contributed by atoms with Gasteiger partial charge in [-0.25, -0.2) is 9.50 Å². The van der Waals surface area contributed by atoms with Crippen molar-refractivity contribution >= 4 is 22.4 Å². The number of pyridine rings is 1. The Morgan fingerprint density at radius 2 is 1.90 bits per heavy atom. The van der Waals surface area contributed by atoms with Crippen LogP contribution in [0, 0.1) is 0 Å². The summed E-state index contributed by atoms with van der Waals surface area (Å²) in [6.07, 6.45) is 10.5. The van der Waals surface area contributed by atoms with Gasteiger partial charge in [0.2, 0.25) is 5.95 Å². The molecule has 1 aliphatic carbocycles. The van der Waals surface area contributed by atoms with Crippen LogP contribution in [-0.2, 0) is 0 Å². The second-order valence-corrected chi connectivity index (χ2v) is 8.17. The molecule has 1 saturated carbocycles. The first-order chi connectivity index (χ1) is 14.2. The molecule has 6 heteroatoms. The highest BCUT2D eigenvalue weighted by atomic mass is 15.3. The molecule has 0 amide bonds.